The number of aromatic nitrogens is 2. The summed E-state index contributed by atoms with van der Waals surface area (Å²) in [5, 5.41) is 11.8. The number of nitrogens with zero attached hydrogens (tertiary/aromatic N) is 2. The first kappa shape index (κ1) is 27.2. The summed E-state index contributed by atoms with van der Waals surface area (Å²) in [4.78, 5) is 4.28. The van der Waals surface area contributed by atoms with Gasteiger partial charge < -0.3 is 15.2 Å². The second-order valence-corrected chi connectivity index (χ2v) is 12.2. The SMILES string of the molecule is C1=CC(C2=CNCC(c3ccc4c5ccc6cc(-c7ccc(-c8cccnc8)cc7)ccc6c5n(-c5ccccc5)c4c3)=C2)=CCN1. The summed E-state index contributed by atoms with van der Waals surface area (Å²) in [5.41, 5.74) is 13.3. The van der Waals surface area contributed by atoms with E-state index in [1.165, 1.54) is 71.6 Å². The summed E-state index contributed by atoms with van der Waals surface area (Å²) in [7, 11) is 0. The van der Waals surface area contributed by atoms with E-state index >= 15 is 0 Å². The van der Waals surface area contributed by atoms with Crippen LogP contribution in [-0.2, 0) is 0 Å². The highest BCUT2D eigenvalue weighted by atomic mass is 15.0. The Morgan fingerprint density at radius 1 is 0.617 bits per heavy atom. The van der Waals surface area contributed by atoms with Crippen molar-refractivity contribution >= 4 is 38.2 Å². The van der Waals surface area contributed by atoms with E-state index in [4.69, 9.17) is 0 Å². The molecule has 4 heteroatoms. The van der Waals surface area contributed by atoms with Gasteiger partial charge >= 0.3 is 0 Å². The molecule has 0 amide bonds. The van der Waals surface area contributed by atoms with E-state index in [9.17, 15) is 0 Å². The molecule has 2 aromatic heterocycles. The van der Waals surface area contributed by atoms with Crippen LogP contribution in [0.15, 0.2) is 169 Å². The third kappa shape index (κ3) is 4.82. The monoisotopic (exact) mass is 604 g/mol. The predicted molar refractivity (Wildman–Crippen MR) is 196 cm³/mol. The molecule has 0 bridgehead atoms. The van der Waals surface area contributed by atoms with Crippen LogP contribution in [0.5, 0.6) is 0 Å². The van der Waals surface area contributed by atoms with Crippen LogP contribution in [0.25, 0.3) is 66.1 Å². The molecule has 0 aliphatic carbocycles. The fourth-order valence-electron chi connectivity index (χ4n) is 7.02. The van der Waals surface area contributed by atoms with Crippen molar-refractivity contribution in [3.05, 3.63) is 175 Å². The van der Waals surface area contributed by atoms with Crippen LogP contribution in [0.4, 0.5) is 0 Å². The number of hydrogen-bond acceptors (Lipinski definition) is 3. The van der Waals surface area contributed by atoms with E-state index < -0.39 is 0 Å². The Hall–Kier alpha value is -6.13. The number of allylic oxidation sites excluding steroid dienone is 4. The third-order valence-electron chi connectivity index (χ3n) is 9.38. The van der Waals surface area contributed by atoms with E-state index in [0.717, 1.165) is 24.3 Å². The van der Waals surface area contributed by atoms with Crippen molar-refractivity contribution in [2.24, 2.45) is 0 Å². The standard InChI is InChI=1S/C43H32N4/c1-2-6-38(7-3-1)47-42-25-33(37-24-36(27-46-28-37)31-18-21-44-22-19-31)13-16-40(42)41-17-14-34-23-32(12-15-39(34)43(41)47)29-8-10-30(11-9-29)35-5-4-20-45-26-35/h1-21,23-27,44,46H,22,28H2. The first-order valence-corrected chi connectivity index (χ1v) is 16.1. The quantitative estimate of drug-likeness (QED) is 0.206. The molecule has 2 N–H and O–H groups in total. The summed E-state index contributed by atoms with van der Waals surface area (Å²) < 4.78 is 2.45. The second-order valence-electron chi connectivity index (χ2n) is 12.2. The van der Waals surface area contributed by atoms with Gasteiger partial charge in [0.15, 0.2) is 0 Å². The van der Waals surface area contributed by atoms with Crippen LogP contribution in [-0.4, -0.2) is 22.6 Å². The zero-order valence-electron chi connectivity index (χ0n) is 25.8. The lowest BCUT2D eigenvalue weighted by Crippen LogP contribution is -2.16. The zero-order valence-corrected chi connectivity index (χ0v) is 25.8. The molecule has 2 aliphatic heterocycles. The molecular weight excluding hydrogens is 573 g/mol. The summed E-state index contributed by atoms with van der Waals surface area (Å²) in [6.45, 7) is 1.65. The van der Waals surface area contributed by atoms with Crippen LogP contribution in [0.2, 0.25) is 0 Å². The lowest BCUT2D eigenvalue weighted by atomic mass is 9.95. The normalized spacial score (nSPS) is 14.4. The maximum Gasteiger partial charge on any atom is 0.0619 e. The molecule has 0 spiro atoms. The number of para-hydroxylation sites is 1. The van der Waals surface area contributed by atoms with Crippen molar-refractivity contribution in [3.63, 3.8) is 0 Å². The number of dihydropyridines is 2. The van der Waals surface area contributed by atoms with Gasteiger partial charge in [0.2, 0.25) is 0 Å². The predicted octanol–water partition coefficient (Wildman–Crippen LogP) is 9.58. The fraction of sp³-hybridized carbons (Fsp3) is 0.0465. The van der Waals surface area contributed by atoms with Crippen LogP contribution in [0, 0.1) is 0 Å². The van der Waals surface area contributed by atoms with Crippen molar-refractivity contribution in [1.82, 2.24) is 20.2 Å². The smallest absolute Gasteiger partial charge is 0.0619 e. The summed E-state index contributed by atoms with van der Waals surface area (Å²) in [6.07, 6.45) is 14.6. The first-order chi connectivity index (χ1) is 23.3. The Labute approximate surface area is 273 Å². The molecule has 5 aromatic carbocycles. The Balaban J connectivity index is 1.18. The number of benzene rings is 5. The molecule has 224 valence electrons. The van der Waals surface area contributed by atoms with Crippen LogP contribution < -0.4 is 10.6 Å². The van der Waals surface area contributed by atoms with Crippen molar-refractivity contribution in [2.45, 2.75) is 0 Å². The number of nitrogens with one attached hydrogen (secondary N) is 2. The minimum absolute atomic E-state index is 0.796. The Bertz CT molecular complexity index is 2430. The van der Waals surface area contributed by atoms with Gasteiger partial charge in [-0.15, -0.1) is 0 Å². The molecule has 2 aliphatic rings. The minimum Gasteiger partial charge on any atom is -0.387 e. The Morgan fingerprint density at radius 2 is 1.40 bits per heavy atom. The summed E-state index contributed by atoms with van der Waals surface area (Å²) in [5.74, 6) is 0. The zero-order chi connectivity index (χ0) is 31.2. The number of pyridine rings is 1. The largest absolute Gasteiger partial charge is 0.387 e. The highest BCUT2D eigenvalue weighted by molar-refractivity contribution is 6.19. The van der Waals surface area contributed by atoms with Gasteiger partial charge in [-0.1, -0.05) is 91.0 Å². The molecule has 0 saturated carbocycles. The average Bonchev–Trinajstić information content (AvgIpc) is 3.50. The first-order valence-electron chi connectivity index (χ1n) is 16.1. The van der Waals surface area contributed by atoms with Gasteiger partial charge in [-0.05, 0) is 98.6 Å². The highest BCUT2D eigenvalue weighted by Gasteiger charge is 2.18. The highest BCUT2D eigenvalue weighted by Crippen LogP contribution is 2.39. The average molecular weight is 605 g/mol. The van der Waals surface area contributed by atoms with Crippen molar-refractivity contribution in [1.29, 1.82) is 0 Å². The van der Waals surface area contributed by atoms with Gasteiger partial charge in [-0.25, -0.2) is 0 Å². The van der Waals surface area contributed by atoms with Crippen LogP contribution >= 0.6 is 0 Å². The molecular formula is C43H32N4. The van der Waals surface area contributed by atoms with E-state index in [1.807, 2.05) is 24.7 Å². The number of fused-ring (bicyclic) bond motifs is 5. The van der Waals surface area contributed by atoms with Gasteiger partial charge in [0.25, 0.3) is 0 Å². The third-order valence-corrected chi connectivity index (χ3v) is 9.38. The Morgan fingerprint density at radius 3 is 2.21 bits per heavy atom. The lowest BCUT2D eigenvalue weighted by Gasteiger charge is -2.18. The molecule has 4 nitrogen and oxygen atoms in total. The fourth-order valence-corrected chi connectivity index (χ4v) is 7.02. The molecule has 7 aromatic rings. The molecule has 0 atom stereocenters. The maximum absolute atomic E-state index is 4.28. The molecule has 4 heterocycles. The number of rotatable bonds is 5. The van der Waals surface area contributed by atoms with Crippen LogP contribution in [0.3, 0.4) is 0 Å². The van der Waals surface area contributed by atoms with Gasteiger partial charge in [0, 0.05) is 53.5 Å². The van der Waals surface area contributed by atoms with Gasteiger partial charge in [0.05, 0.1) is 11.0 Å². The molecule has 47 heavy (non-hydrogen) atoms. The van der Waals surface area contributed by atoms with Crippen molar-refractivity contribution in [3.8, 4) is 27.9 Å². The lowest BCUT2D eigenvalue weighted by molar-refractivity contribution is 0.947. The molecule has 0 saturated heterocycles. The van der Waals surface area contributed by atoms with Gasteiger partial charge in [-0.3, -0.25) is 4.98 Å². The topological polar surface area (TPSA) is 41.9 Å². The summed E-state index contributed by atoms with van der Waals surface area (Å²) in [6, 6.07) is 42.0. The second kappa shape index (κ2) is 11.3. The molecule has 0 radical (unpaired) electrons. The van der Waals surface area contributed by atoms with E-state index in [2.05, 4.69) is 154 Å². The molecule has 0 fully saturated rings. The van der Waals surface area contributed by atoms with E-state index in [0.29, 0.717) is 0 Å². The maximum atomic E-state index is 4.28. The van der Waals surface area contributed by atoms with Gasteiger partial charge in [0.1, 0.15) is 0 Å². The van der Waals surface area contributed by atoms with Crippen molar-refractivity contribution < 1.29 is 0 Å². The van der Waals surface area contributed by atoms with E-state index in [1.54, 1.807) is 0 Å². The molecule has 9 rings (SSSR count). The Kier molecular flexibility index (Phi) is 6.57. The van der Waals surface area contributed by atoms with Gasteiger partial charge in [-0.2, -0.15) is 0 Å². The van der Waals surface area contributed by atoms with Crippen molar-refractivity contribution in [2.75, 3.05) is 13.1 Å². The minimum atomic E-state index is 0.796. The van der Waals surface area contributed by atoms with E-state index in [-0.39, 0.29) is 0 Å². The summed E-state index contributed by atoms with van der Waals surface area (Å²) >= 11 is 0. The number of hydrogen-bond donors (Lipinski definition) is 2. The van der Waals surface area contributed by atoms with Crippen LogP contribution in [0.1, 0.15) is 5.56 Å². The molecule has 0 unspecified atom stereocenters.